The van der Waals surface area contributed by atoms with Gasteiger partial charge in [0.05, 0.1) is 0 Å². The zero-order valence-corrected chi connectivity index (χ0v) is 20.8. The van der Waals surface area contributed by atoms with Gasteiger partial charge in [0.2, 0.25) is 0 Å². The molecule has 2 aromatic rings. The van der Waals surface area contributed by atoms with E-state index in [-0.39, 0.29) is 34.1 Å². The van der Waals surface area contributed by atoms with E-state index in [0.717, 1.165) is 46.5 Å². The molecule has 0 saturated carbocycles. The molecule has 5 heteroatoms. The van der Waals surface area contributed by atoms with Crippen LogP contribution in [0.4, 0.5) is 4.39 Å². The molecule has 35 heavy (non-hydrogen) atoms. The topological polar surface area (TPSA) is 55.4 Å². The van der Waals surface area contributed by atoms with Crippen molar-refractivity contribution in [2.24, 2.45) is 10.8 Å². The Labute approximate surface area is 206 Å². The van der Waals surface area contributed by atoms with Crippen LogP contribution in [-0.2, 0) is 16.2 Å². The number of benzene rings is 2. The molecule has 1 heterocycles. The van der Waals surface area contributed by atoms with Gasteiger partial charge in [0.25, 0.3) is 0 Å². The smallest absolute Gasteiger partial charge is 0.162 e. The van der Waals surface area contributed by atoms with Gasteiger partial charge in [-0.25, -0.2) is 4.39 Å². The number of rotatable bonds is 4. The molecule has 0 radical (unpaired) electrons. The highest BCUT2D eigenvalue weighted by atomic mass is 19.1. The van der Waals surface area contributed by atoms with Crippen molar-refractivity contribution in [3.05, 3.63) is 88.0 Å². The molecule has 1 N–H and O–H groups in total. The van der Waals surface area contributed by atoms with Crippen LogP contribution in [0.5, 0.6) is 5.75 Å². The quantitative estimate of drug-likeness (QED) is 0.560. The number of halogens is 1. The summed E-state index contributed by atoms with van der Waals surface area (Å²) < 4.78 is 19.0. The summed E-state index contributed by atoms with van der Waals surface area (Å²) in [5, 5.41) is 3.55. The van der Waals surface area contributed by atoms with Crippen LogP contribution < -0.4 is 10.1 Å². The van der Waals surface area contributed by atoms with E-state index in [0.29, 0.717) is 25.2 Å². The number of carbonyl (C=O) groups is 2. The van der Waals surface area contributed by atoms with Gasteiger partial charge in [-0.05, 0) is 59.1 Å². The number of dihydropyridines is 1. The third-order valence-electron chi connectivity index (χ3n) is 7.25. The monoisotopic (exact) mass is 473 g/mol. The van der Waals surface area contributed by atoms with Crippen molar-refractivity contribution in [3.63, 3.8) is 0 Å². The Bertz CT molecular complexity index is 1200. The zero-order valence-electron chi connectivity index (χ0n) is 20.8. The van der Waals surface area contributed by atoms with Crippen LogP contribution in [0.1, 0.15) is 70.4 Å². The number of allylic oxidation sites excluding steroid dienone is 4. The third kappa shape index (κ3) is 4.69. The molecule has 1 aliphatic heterocycles. The summed E-state index contributed by atoms with van der Waals surface area (Å²) in [6.45, 7) is 8.83. The summed E-state index contributed by atoms with van der Waals surface area (Å²) in [6.07, 6.45) is 2.53. The first-order valence-corrected chi connectivity index (χ1v) is 12.3. The number of nitrogens with one attached hydrogen (secondary N) is 1. The highest BCUT2D eigenvalue weighted by molar-refractivity contribution is 6.06. The average Bonchev–Trinajstić information content (AvgIpc) is 2.76. The third-order valence-corrected chi connectivity index (χ3v) is 7.25. The SMILES string of the molecule is CC1(C)CC(=O)C2=C(C1)NC1=C(C(=O)CC(C)(C)C1)C2c1ccc(OCc2ccc(F)cc2)cc1. The van der Waals surface area contributed by atoms with Crippen LogP contribution in [0.3, 0.4) is 0 Å². The van der Waals surface area contributed by atoms with Gasteiger partial charge in [-0.15, -0.1) is 0 Å². The number of ketones is 2. The molecule has 5 rings (SSSR count). The molecule has 4 nitrogen and oxygen atoms in total. The van der Waals surface area contributed by atoms with Crippen LogP contribution in [-0.4, -0.2) is 11.6 Å². The minimum atomic E-state index is -0.348. The van der Waals surface area contributed by atoms with Crippen molar-refractivity contribution in [1.82, 2.24) is 5.32 Å². The van der Waals surface area contributed by atoms with E-state index in [9.17, 15) is 14.0 Å². The molecular formula is C30H32FNO3. The van der Waals surface area contributed by atoms with Gasteiger partial charge < -0.3 is 10.1 Å². The van der Waals surface area contributed by atoms with E-state index in [1.165, 1.54) is 12.1 Å². The van der Waals surface area contributed by atoms with Gasteiger partial charge in [-0.2, -0.15) is 0 Å². The van der Waals surface area contributed by atoms with Crippen LogP contribution in [0.15, 0.2) is 71.1 Å². The molecule has 0 bridgehead atoms. The highest BCUT2D eigenvalue weighted by Crippen LogP contribution is 2.51. The van der Waals surface area contributed by atoms with Gasteiger partial charge in [0.15, 0.2) is 11.6 Å². The van der Waals surface area contributed by atoms with Crippen molar-refractivity contribution in [2.45, 2.75) is 65.9 Å². The minimum absolute atomic E-state index is 0.113. The van der Waals surface area contributed by atoms with Gasteiger partial charge in [-0.1, -0.05) is 52.0 Å². The Kier molecular flexibility index (Phi) is 5.70. The molecule has 0 spiro atoms. The molecule has 2 aromatic carbocycles. The molecule has 0 fully saturated rings. The minimum Gasteiger partial charge on any atom is -0.489 e. The first-order valence-electron chi connectivity index (χ1n) is 12.3. The average molecular weight is 474 g/mol. The summed E-state index contributed by atoms with van der Waals surface area (Å²) in [4.78, 5) is 26.8. The van der Waals surface area contributed by atoms with Gasteiger partial charge >= 0.3 is 0 Å². The number of carbonyl (C=O) groups excluding carboxylic acids is 2. The second-order valence-corrected chi connectivity index (χ2v) is 11.7. The molecule has 0 aromatic heterocycles. The summed E-state index contributed by atoms with van der Waals surface area (Å²) in [6, 6.07) is 13.9. The van der Waals surface area contributed by atoms with Crippen LogP contribution in [0.25, 0.3) is 0 Å². The Hall–Kier alpha value is -3.21. The zero-order chi connectivity index (χ0) is 25.0. The van der Waals surface area contributed by atoms with Gasteiger partial charge in [0, 0.05) is 41.3 Å². The van der Waals surface area contributed by atoms with Gasteiger partial charge in [-0.3, -0.25) is 9.59 Å². The Morgan fingerprint density at radius 3 is 1.83 bits per heavy atom. The normalized spacial score (nSPS) is 21.4. The number of ether oxygens (including phenoxy) is 1. The van der Waals surface area contributed by atoms with Crippen molar-refractivity contribution in [1.29, 1.82) is 0 Å². The maximum Gasteiger partial charge on any atom is 0.162 e. The maximum absolute atomic E-state index is 13.4. The first-order chi connectivity index (χ1) is 16.5. The van der Waals surface area contributed by atoms with E-state index in [2.05, 4.69) is 33.0 Å². The fourth-order valence-electron chi connectivity index (χ4n) is 5.73. The predicted molar refractivity (Wildman–Crippen MR) is 133 cm³/mol. The van der Waals surface area contributed by atoms with Crippen LogP contribution >= 0.6 is 0 Å². The summed E-state index contributed by atoms with van der Waals surface area (Å²) >= 11 is 0. The largest absolute Gasteiger partial charge is 0.489 e. The Morgan fingerprint density at radius 2 is 1.31 bits per heavy atom. The lowest BCUT2D eigenvalue weighted by atomic mass is 9.64. The molecule has 0 atom stereocenters. The van der Waals surface area contributed by atoms with Gasteiger partial charge in [0.1, 0.15) is 18.2 Å². The fourth-order valence-corrected chi connectivity index (χ4v) is 5.73. The molecule has 0 saturated heterocycles. The molecule has 0 unspecified atom stereocenters. The molecule has 182 valence electrons. The lowest BCUT2D eigenvalue weighted by Crippen LogP contribution is -2.42. The van der Waals surface area contributed by atoms with Crippen molar-refractivity contribution in [3.8, 4) is 5.75 Å². The molecule has 2 aliphatic carbocycles. The fraction of sp³-hybridized carbons (Fsp3) is 0.400. The van der Waals surface area contributed by atoms with E-state index in [1.807, 2.05) is 24.3 Å². The standard InChI is InChI=1S/C30H32FNO3/c1-29(2)13-22-27(24(33)15-29)26(28-23(32-22)14-30(3,4)16-25(28)34)19-7-11-21(12-8-19)35-17-18-5-9-20(31)10-6-18/h5-12,26,32H,13-17H2,1-4H3. The lowest BCUT2D eigenvalue weighted by Gasteiger charge is -2.44. The number of hydrogen-bond donors (Lipinski definition) is 1. The van der Waals surface area contributed by atoms with E-state index in [4.69, 9.17) is 4.74 Å². The predicted octanol–water partition coefficient (Wildman–Crippen LogP) is 6.38. The van der Waals surface area contributed by atoms with Crippen molar-refractivity contribution >= 4 is 11.6 Å². The number of hydrogen-bond acceptors (Lipinski definition) is 4. The van der Waals surface area contributed by atoms with E-state index in [1.54, 1.807) is 12.1 Å². The summed E-state index contributed by atoms with van der Waals surface area (Å²) in [7, 11) is 0. The summed E-state index contributed by atoms with van der Waals surface area (Å²) in [5.41, 5.74) is 5.02. The second-order valence-electron chi connectivity index (χ2n) is 11.7. The highest BCUT2D eigenvalue weighted by Gasteiger charge is 2.46. The lowest BCUT2D eigenvalue weighted by molar-refractivity contribution is -0.119. The summed E-state index contributed by atoms with van der Waals surface area (Å²) in [5.74, 6) is 0.301. The van der Waals surface area contributed by atoms with Crippen molar-refractivity contribution < 1.29 is 18.7 Å². The Balaban J connectivity index is 1.48. The van der Waals surface area contributed by atoms with Crippen LogP contribution in [0.2, 0.25) is 0 Å². The van der Waals surface area contributed by atoms with E-state index < -0.39 is 0 Å². The maximum atomic E-state index is 13.4. The van der Waals surface area contributed by atoms with Crippen LogP contribution in [0, 0.1) is 16.6 Å². The number of Topliss-reactive ketones (excluding diaryl/α,β-unsaturated/α-hetero) is 2. The Morgan fingerprint density at radius 1 is 0.800 bits per heavy atom. The van der Waals surface area contributed by atoms with E-state index >= 15 is 0 Å². The molecule has 0 amide bonds. The second kappa shape index (κ2) is 8.47. The molecular weight excluding hydrogens is 441 g/mol. The molecule has 3 aliphatic rings. The first kappa shape index (κ1) is 23.5. The van der Waals surface area contributed by atoms with Crippen molar-refractivity contribution in [2.75, 3.05) is 0 Å².